The molecule has 20 heavy (non-hydrogen) atoms. The van der Waals surface area contributed by atoms with E-state index in [1.165, 1.54) is 17.8 Å². The van der Waals surface area contributed by atoms with Crippen molar-refractivity contribution in [3.63, 3.8) is 0 Å². The van der Waals surface area contributed by atoms with Crippen molar-refractivity contribution in [2.75, 3.05) is 6.26 Å². The van der Waals surface area contributed by atoms with Crippen molar-refractivity contribution in [2.24, 2.45) is 0 Å². The average molecular weight is 292 g/mol. The second-order valence-electron chi connectivity index (χ2n) is 4.64. The zero-order chi connectivity index (χ0) is 14.7. The summed E-state index contributed by atoms with van der Waals surface area (Å²) in [6, 6.07) is 5.15. The summed E-state index contributed by atoms with van der Waals surface area (Å²) in [5, 5.41) is 4.43. The summed E-state index contributed by atoms with van der Waals surface area (Å²) < 4.78 is 15.6. The lowest BCUT2D eigenvalue weighted by Crippen LogP contribution is -2.04. The predicted molar refractivity (Wildman–Crippen MR) is 79.8 cm³/mol. The van der Waals surface area contributed by atoms with Gasteiger partial charge in [-0.05, 0) is 31.7 Å². The van der Waals surface area contributed by atoms with Crippen molar-refractivity contribution in [1.29, 1.82) is 0 Å². The molecular formula is C15H17FN2OS. The molecule has 0 aliphatic carbocycles. The summed E-state index contributed by atoms with van der Waals surface area (Å²) >= 11 is 1.35. The zero-order valence-corrected chi connectivity index (χ0v) is 12.6. The second kappa shape index (κ2) is 6.22. The monoisotopic (exact) mass is 292 g/mol. The van der Waals surface area contributed by atoms with Gasteiger partial charge in [-0.15, -0.1) is 11.8 Å². The molecule has 0 fully saturated rings. The lowest BCUT2D eigenvalue weighted by Gasteiger charge is -2.08. The number of rotatable bonds is 5. The lowest BCUT2D eigenvalue weighted by atomic mass is 10.1. The standard InChI is InChI=1S/C15H17FN2OS/c1-4-10(2)18-8-12(9-19)15(17-18)11-5-6-14(20-3)13(16)7-11/h5-10H,4H2,1-3H3. The third-order valence-electron chi connectivity index (χ3n) is 3.35. The van der Waals surface area contributed by atoms with E-state index in [1.54, 1.807) is 23.0 Å². The van der Waals surface area contributed by atoms with Gasteiger partial charge in [-0.1, -0.05) is 13.0 Å². The first kappa shape index (κ1) is 14.8. The van der Waals surface area contributed by atoms with Crippen LogP contribution in [0.2, 0.25) is 0 Å². The fraction of sp³-hybridized carbons (Fsp3) is 0.333. The van der Waals surface area contributed by atoms with Crippen LogP contribution in [0.1, 0.15) is 36.7 Å². The van der Waals surface area contributed by atoms with Gasteiger partial charge in [0.15, 0.2) is 6.29 Å². The Hall–Kier alpha value is -1.62. The van der Waals surface area contributed by atoms with Gasteiger partial charge >= 0.3 is 0 Å². The van der Waals surface area contributed by atoms with Crippen molar-refractivity contribution in [3.05, 3.63) is 35.8 Å². The molecule has 1 aromatic carbocycles. The van der Waals surface area contributed by atoms with Gasteiger partial charge < -0.3 is 0 Å². The molecule has 1 heterocycles. The van der Waals surface area contributed by atoms with Crippen LogP contribution in [0.5, 0.6) is 0 Å². The number of carbonyl (C=O) groups excluding carboxylic acids is 1. The van der Waals surface area contributed by atoms with Crippen LogP contribution in [-0.4, -0.2) is 22.3 Å². The van der Waals surface area contributed by atoms with Crippen LogP contribution < -0.4 is 0 Å². The van der Waals surface area contributed by atoms with Gasteiger partial charge in [0.1, 0.15) is 11.5 Å². The third kappa shape index (κ3) is 2.77. The van der Waals surface area contributed by atoms with Crippen molar-refractivity contribution in [2.45, 2.75) is 31.2 Å². The maximum atomic E-state index is 13.9. The Balaban J connectivity index is 2.48. The van der Waals surface area contributed by atoms with E-state index in [4.69, 9.17) is 0 Å². The highest BCUT2D eigenvalue weighted by Crippen LogP contribution is 2.27. The molecule has 0 saturated carbocycles. The quantitative estimate of drug-likeness (QED) is 0.612. The number of carbonyl (C=O) groups is 1. The molecule has 0 spiro atoms. The molecule has 0 radical (unpaired) electrons. The Kier molecular flexibility index (Phi) is 4.60. The van der Waals surface area contributed by atoms with Crippen LogP contribution >= 0.6 is 11.8 Å². The third-order valence-corrected chi connectivity index (χ3v) is 4.13. The molecule has 0 saturated heterocycles. The molecule has 0 aliphatic heterocycles. The molecular weight excluding hydrogens is 275 g/mol. The van der Waals surface area contributed by atoms with Gasteiger partial charge in [0.2, 0.25) is 0 Å². The fourth-order valence-electron chi connectivity index (χ4n) is 1.94. The van der Waals surface area contributed by atoms with Crippen molar-refractivity contribution >= 4 is 18.0 Å². The van der Waals surface area contributed by atoms with Crippen LogP contribution in [0.15, 0.2) is 29.3 Å². The Morgan fingerprint density at radius 1 is 1.50 bits per heavy atom. The Labute approximate surface area is 122 Å². The van der Waals surface area contributed by atoms with Gasteiger partial charge in [0.25, 0.3) is 0 Å². The zero-order valence-electron chi connectivity index (χ0n) is 11.8. The summed E-state index contributed by atoms with van der Waals surface area (Å²) in [5.41, 5.74) is 1.65. The second-order valence-corrected chi connectivity index (χ2v) is 5.49. The van der Waals surface area contributed by atoms with Crippen molar-refractivity contribution < 1.29 is 9.18 Å². The Morgan fingerprint density at radius 3 is 2.80 bits per heavy atom. The number of benzene rings is 1. The van der Waals surface area contributed by atoms with E-state index in [-0.39, 0.29) is 11.9 Å². The van der Waals surface area contributed by atoms with E-state index in [9.17, 15) is 9.18 Å². The minimum atomic E-state index is -0.287. The Bertz CT molecular complexity index is 624. The molecule has 1 aromatic heterocycles. The molecule has 0 bridgehead atoms. The molecule has 106 valence electrons. The molecule has 2 rings (SSSR count). The predicted octanol–water partition coefficient (Wildman–Crippen LogP) is 4.19. The highest BCUT2D eigenvalue weighted by molar-refractivity contribution is 7.98. The minimum absolute atomic E-state index is 0.206. The van der Waals surface area contributed by atoms with Crippen LogP contribution in [0.4, 0.5) is 4.39 Å². The highest BCUT2D eigenvalue weighted by Gasteiger charge is 2.14. The smallest absolute Gasteiger partial charge is 0.153 e. The number of hydrogen-bond acceptors (Lipinski definition) is 3. The summed E-state index contributed by atoms with van der Waals surface area (Å²) in [6.45, 7) is 4.09. The van der Waals surface area contributed by atoms with Crippen LogP contribution in [0.3, 0.4) is 0 Å². The molecule has 3 nitrogen and oxygen atoms in total. The number of hydrogen-bond donors (Lipinski definition) is 0. The van der Waals surface area contributed by atoms with Gasteiger partial charge in [0, 0.05) is 22.7 Å². The van der Waals surface area contributed by atoms with Crippen LogP contribution in [-0.2, 0) is 0 Å². The highest BCUT2D eigenvalue weighted by atomic mass is 32.2. The van der Waals surface area contributed by atoms with Crippen molar-refractivity contribution in [1.82, 2.24) is 9.78 Å². The first-order chi connectivity index (χ1) is 9.60. The van der Waals surface area contributed by atoms with E-state index < -0.39 is 0 Å². The van der Waals surface area contributed by atoms with Gasteiger partial charge in [0.05, 0.1) is 5.56 Å². The number of aldehydes is 1. The topological polar surface area (TPSA) is 34.9 Å². The molecule has 1 unspecified atom stereocenters. The first-order valence-electron chi connectivity index (χ1n) is 6.49. The van der Waals surface area contributed by atoms with E-state index in [2.05, 4.69) is 12.0 Å². The fourth-order valence-corrected chi connectivity index (χ4v) is 2.40. The molecule has 0 amide bonds. The lowest BCUT2D eigenvalue weighted by molar-refractivity contribution is 0.112. The molecule has 0 aliphatic rings. The SMILES string of the molecule is CCC(C)n1cc(C=O)c(-c2ccc(SC)c(F)c2)n1. The van der Waals surface area contributed by atoms with E-state index in [0.29, 0.717) is 21.7 Å². The minimum Gasteiger partial charge on any atom is -0.298 e. The van der Waals surface area contributed by atoms with E-state index in [1.807, 2.05) is 13.2 Å². The maximum Gasteiger partial charge on any atom is 0.153 e. The van der Waals surface area contributed by atoms with Gasteiger partial charge in [-0.3, -0.25) is 9.48 Å². The summed E-state index contributed by atoms with van der Waals surface area (Å²) in [6.07, 6.45) is 5.23. The van der Waals surface area contributed by atoms with Gasteiger partial charge in [-0.25, -0.2) is 4.39 Å². The number of aromatic nitrogens is 2. The Morgan fingerprint density at radius 2 is 2.25 bits per heavy atom. The number of nitrogens with zero attached hydrogens (tertiary/aromatic N) is 2. The molecule has 1 atom stereocenters. The van der Waals surface area contributed by atoms with Crippen LogP contribution in [0, 0.1) is 5.82 Å². The molecule has 2 aromatic rings. The summed E-state index contributed by atoms with van der Waals surface area (Å²) in [7, 11) is 0. The maximum absolute atomic E-state index is 13.9. The van der Waals surface area contributed by atoms with E-state index >= 15 is 0 Å². The summed E-state index contributed by atoms with van der Waals surface area (Å²) in [5.74, 6) is -0.287. The average Bonchev–Trinajstić information content (AvgIpc) is 2.90. The largest absolute Gasteiger partial charge is 0.298 e. The van der Waals surface area contributed by atoms with Gasteiger partial charge in [-0.2, -0.15) is 5.10 Å². The normalized spacial score (nSPS) is 12.4. The number of halogens is 1. The molecule has 5 heteroatoms. The first-order valence-corrected chi connectivity index (χ1v) is 7.71. The number of thioether (sulfide) groups is 1. The summed E-state index contributed by atoms with van der Waals surface area (Å²) in [4.78, 5) is 11.8. The van der Waals surface area contributed by atoms with E-state index in [0.717, 1.165) is 12.7 Å². The van der Waals surface area contributed by atoms with Crippen LogP contribution in [0.25, 0.3) is 11.3 Å². The molecule has 0 N–H and O–H groups in total. The van der Waals surface area contributed by atoms with Crippen molar-refractivity contribution in [3.8, 4) is 11.3 Å².